The van der Waals surface area contributed by atoms with E-state index < -0.39 is 24.0 Å². The Labute approximate surface area is 195 Å². The van der Waals surface area contributed by atoms with Gasteiger partial charge >= 0.3 is 0 Å². The van der Waals surface area contributed by atoms with Crippen molar-refractivity contribution in [3.05, 3.63) is 70.7 Å². The van der Waals surface area contributed by atoms with Gasteiger partial charge in [0.05, 0.1) is 12.6 Å². The lowest BCUT2D eigenvalue weighted by atomic mass is 9.83. The minimum absolute atomic E-state index is 0.422. The van der Waals surface area contributed by atoms with Crippen molar-refractivity contribution in [2.75, 3.05) is 24.9 Å². The van der Waals surface area contributed by atoms with Gasteiger partial charge in [-0.2, -0.15) is 0 Å². The first-order valence-corrected chi connectivity index (χ1v) is 11.0. The zero-order valence-electron chi connectivity index (χ0n) is 18.2. The number of benzene rings is 2. The molecule has 1 aliphatic heterocycles. The van der Waals surface area contributed by atoms with Gasteiger partial charge in [-0.3, -0.25) is 0 Å². The Morgan fingerprint density at radius 3 is 2.59 bits per heavy atom. The number of aliphatic hydroxyl groups is 1. The highest BCUT2D eigenvalue weighted by Crippen LogP contribution is 2.47. The Morgan fingerprint density at radius 2 is 1.97 bits per heavy atom. The summed E-state index contributed by atoms with van der Waals surface area (Å²) in [7, 11) is 3.05. The van der Waals surface area contributed by atoms with E-state index in [2.05, 4.69) is 30.8 Å². The molecule has 3 aromatic rings. The SMILES string of the molecule is COC(OC)[C@]1(C)Oc2ccc(N)cc2[C@@H](N(Cc2ncc[nH]2)c2ccc(Br)cc2)[C@@H]1O. The molecule has 1 aliphatic rings. The van der Waals surface area contributed by atoms with Gasteiger partial charge in [0.25, 0.3) is 0 Å². The second-order valence-electron chi connectivity index (χ2n) is 7.92. The third-order valence-corrected chi connectivity index (χ3v) is 6.36. The van der Waals surface area contributed by atoms with Crippen LogP contribution in [0.25, 0.3) is 0 Å². The normalized spacial score (nSPS) is 22.4. The van der Waals surface area contributed by atoms with Gasteiger partial charge in [0.2, 0.25) is 0 Å². The minimum Gasteiger partial charge on any atom is -0.479 e. The van der Waals surface area contributed by atoms with Crippen LogP contribution in [0.5, 0.6) is 5.75 Å². The van der Waals surface area contributed by atoms with Crippen molar-refractivity contribution in [2.45, 2.75) is 37.5 Å². The molecule has 0 saturated carbocycles. The van der Waals surface area contributed by atoms with Gasteiger partial charge in [-0.05, 0) is 49.4 Å². The lowest BCUT2D eigenvalue weighted by Gasteiger charge is -2.50. The topological polar surface area (TPSA) is 106 Å². The van der Waals surface area contributed by atoms with Gasteiger partial charge in [0.1, 0.15) is 17.7 Å². The molecular formula is C23H27BrN4O4. The molecule has 170 valence electrons. The summed E-state index contributed by atoms with van der Waals surface area (Å²) in [6, 6.07) is 12.8. The molecule has 2 heterocycles. The third kappa shape index (κ3) is 4.09. The number of imidazole rings is 1. The summed E-state index contributed by atoms with van der Waals surface area (Å²) in [5, 5.41) is 11.8. The van der Waals surface area contributed by atoms with E-state index in [1.54, 1.807) is 25.4 Å². The number of anilines is 2. The van der Waals surface area contributed by atoms with E-state index in [1.807, 2.05) is 36.4 Å². The van der Waals surface area contributed by atoms with Gasteiger partial charge in [-0.15, -0.1) is 0 Å². The fourth-order valence-corrected chi connectivity index (χ4v) is 4.55. The Balaban J connectivity index is 1.88. The number of methoxy groups -OCH3 is 2. The van der Waals surface area contributed by atoms with Crippen LogP contribution >= 0.6 is 15.9 Å². The number of hydrogen-bond donors (Lipinski definition) is 3. The number of nitrogens with two attached hydrogens (primary N) is 1. The molecule has 0 bridgehead atoms. The Morgan fingerprint density at radius 1 is 1.25 bits per heavy atom. The van der Waals surface area contributed by atoms with Crippen LogP contribution in [0.3, 0.4) is 0 Å². The van der Waals surface area contributed by atoms with Crippen LogP contribution in [0.1, 0.15) is 24.4 Å². The number of nitrogen functional groups attached to an aromatic ring is 1. The number of halogens is 1. The lowest BCUT2D eigenvalue weighted by molar-refractivity contribution is -0.237. The van der Waals surface area contributed by atoms with E-state index >= 15 is 0 Å². The van der Waals surface area contributed by atoms with Crippen LogP contribution in [-0.4, -0.2) is 47.3 Å². The van der Waals surface area contributed by atoms with Crippen molar-refractivity contribution < 1.29 is 19.3 Å². The fourth-order valence-electron chi connectivity index (χ4n) is 4.29. The number of aromatic nitrogens is 2. The molecule has 1 aromatic heterocycles. The van der Waals surface area contributed by atoms with Crippen molar-refractivity contribution >= 4 is 27.3 Å². The number of ether oxygens (including phenoxy) is 3. The third-order valence-electron chi connectivity index (χ3n) is 5.83. The quantitative estimate of drug-likeness (QED) is 0.334. The summed E-state index contributed by atoms with van der Waals surface area (Å²) in [6.07, 6.45) is 1.65. The van der Waals surface area contributed by atoms with E-state index in [0.717, 1.165) is 21.5 Å². The van der Waals surface area contributed by atoms with E-state index in [0.29, 0.717) is 18.0 Å². The summed E-state index contributed by atoms with van der Waals surface area (Å²) in [5.41, 5.74) is 7.20. The van der Waals surface area contributed by atoms with Crippen LogP contribution in [0.2, 0.25) is 0 Å². The molecule has 0 fully saturated rings. The highest BCUT2D eigenvalue weighted by Gasteiger charge is 2.53. The number of H-pyrrole nitrogens is 1. The first-order valence-electron chi connectivity index (χ1n) is 10.2. The average molecular weight is 503 g/mol. The Kier molecular flexibility index (Phi) is 6.43. The molecule has 32 heavy (non-hydrogen) atoms. The van der Waals surface area contributed by atoms with Gasteiger partial charge < -0.3 is 34.9 Å². The number of aromatic amines is 1. The maximum atomic E-state index is 11.8. The van der Waals surface area contributed by atoms with Crippen LogP contribution in [0.15, 0.2) is 59.3 Å². The number of hydrogen-bond acceptors (Lipinski definition) is 7. The number of nitrogens with zero attached hydrogens (tertiary/aromatic N) is 2. The predicted molar refractivity (Wildman–Crippen MR) is 125 cm³/mol. The zero-order chi connectivity index (χ0) is 22.9. The van der Waals surface area contributed by atoms with Crippen molar-refractivity contribution in [3.8, 4) is 5.75 Å². The van der Waals surface area contributed by atoms with E-state index in [9.17, 15) is 5.11 Å². The predicted octanol–water partition coefficient (Wildman–Crippen LogP) is 3.63. The molecule has 2 aromatic carbocycles. The van der Waals surface area contributed by atoms with Crippen molar-refractivity contribution in [2.24, 2.45) is 0 Å². The molecule has 0 saturated heterocycles. The number of rotatable bonds is 7. The van der Waals surface area contributed by atoms with E-state index in [4.69, 9.17) is 19.9 Å². The highest BCUT2D eigenvalue weighted by atomic mass is 79.9. The second kappa shape index (κ2) is 9.11. The zero-order valence-corrected chi connectivity index (χ0v) is 19.7. The molecule has 4 N–H and O–H groups in total. The number of nitrogens with one attached hydrogen (secondary N) is 1. The highest BCUT2D eigenvalue weighted by molar-refractivity contribution is 9.10. The van der Waals surface area contributed by atoms with Gasteiger partial charge in [-0.1, -0.05) is 15.9 Å². The second-order valence-corrected chi connectivity index (χ2v) is 8.83. The summed E-state index contributed by atoms with van der Waals surface area (Å²) < 4.78 is 18.3. The van der Waals surface area contributed by atoms with Crippen molar-refractivity contribution in [1.29, 1.82) is 0 Å². The molecule has 0 radical (unpaired) electrons. The maximum Gasteiger partial charge on any atom is 0.199 e. The fraction of sp³-hybridized carbons (Fsp3) is 0.348. The van der Waals surface area contributed by atoms with Gasteiger partial charge in [0, 0.05) is 48.0 Å². The lowest BCUT2D eigenvalue weighted by Crippen LogP contribution is -2.62. The van der Waals surface area contributed by atoms with Crippen LogP contribution < -0.4 is 15.4 Å². The Bertz CT molecular complexity index is 1040. The molecule has 8 nitrogen and oxygen atoms in total. The molecule has 0 spiro atoms. The standard InChI is InChI=1S/C23H27BrN4O4/c1-23(22(30-2)31-3)21(29)20(17-12-15(25)6-9-18(17)32-23)28(13-19-26-10-11-27-19)16-7-4-14(24)5-8-16/h4-12,20-22,29H,13,25H2,1-3H3,(H,26,27)/t20-,21+,23-/m1/s1. The smallest absolute Gasteiger partial charge is 0.199 e. The molecule has 0 unspecified atom stereocenters. The monoisotopic (exact) mass is 502 g/mol. The van der Waals surface area contributed by atoms with Gasteiger partial charge in [-0.25, -0.2) is 4.98 Å². The van der Waals surface area contributed by atoms with Crippen LogP contribution in [-0.2, 0) is 16.0 Å². The average Bonchev–Trinajstić information content (AvgIpc) is 3.29. The molecule has 9 heteroatoms. The van der Waals surface area contributed by atoms with E-state index in [1.165, 1.54) is 14.2 Å². The summed E-state index contributed by atoms with van der Waals surface area (Å²) in [6.45, 7) is 2.21. The number of aliphatic hydroxyl groups excluding tert-OH is 1. The first kappa shape index (κ1) is 22.6. The largest absolute Gasteiger partial charge is 0.479 e. The minimum atomic E-state index is -1.19. The van der Waals surface area contributed by atoms with E-state index in [-0.39, 0.29) is 0 Å². The summed E-state index contributed by atoms with van der Waals surface area (Å²) in [4.78, 5) is 9.64. The molecular weight excluding hydrogens is 476 g/mol. The van der Waals surface area contributed by atoms with Crippen molar-refractivity contribution in [3.63, 3.8) is 0 Å². The molecule has 0 amide bonds. The van der Waals surface area contributed by atoms with Crippen LogP contribution in [0, 0.1) is 0 Å². The molecule has 0 aliphatic carbocycles. The Hall–Kier alpha value is -2.59. The maximum absolute atomic E-state index is 11.8. The van der Waals surface area contributed by atoms with Crippen LogP contribution in [0.4, 0.5) is 11.4 Å². The molecule has 3 atom stereocenters. The van der Waals surface area contributed by atoms with Crippen molar-refractivity contribution in [1.82, 2.24) is 9.97 Å². The first-order chi connectivity index (χ1) is 15.4. The molecule has 4 rings (SSSR count). The van der Waals surface area contributed by atoms with Gasteiger partial charge in [0.15, 0.2) is 11.9 Å². The summed E-state index contributed by atoms with van der Waals surface area (Å²) >= 11 is 3.50. The number of fused-ring (bicyclic) bond motifs is 1. The summed E-state index contributed by atoms with van der Waals surface area (Å²) in [5.74, 6) is 1.37.